The summed E-state index contributed by atoms with van der Waals surface area (Å²) >= 11 is 1.62. The van der Waals surface area contributed by atoms with Crippen LogP contribution in [0.25, 0.3) is 10.1 Å². The minimum absolute atomic E-state index is 1.17. The smallest absolute Gasteiger partial charge is 0.150 e. The molecule has 0 unspecified atom stereocenters. The molecule has 0 radical (unpaired) electrons. The van der Waals surface area contributed by atoms with E-state index in [4.69, 9.17) is 0 Å². The Kier molecular flexibility index (Phi) is 2.33. The van der Waals surface area contributed by atoms with Crippen LogP contribution in [0, 0.1) is 0 Å². The van der Waals surface area contributed by atoms with Crippen molar-refractivity contribution < 1.29 is 0 Å². The molecule has 2 nitrogen and oxygen atoms in total. The van der Waals surface area contributed by atoms with E-state index in [0.29, 0.717) is 0 Å². The Labute approximate surface area is 93.7 Å². The molecular formula is C12H14N2S. The largest absolute Gasteiger partial charge is 0.355 e. The van der Waals surface area contributed by atoms with Gasteiger partial charge in [0.1, 0.15) is 5.82 Å². The van der Waals surface area contributed by atoms with E-state index in [9.17, 15) is 0 Å². The monoisotopic (exact) mass is 218 g/mol. The molecule has 1 fully saturated rings. The minimum Gasteiger partial charge on any atom is -0.355 e. The lowest BCUT2D eigenvalue weighted by atomic mass is 10.1. The van der Waals surface area contributed by atoms with E-state index < -0.39 is 0 Å². The van der Waals surface area contributed by atoms with Gasteiger partial charge in [-0.1, -0.05) is 12.1 Å². The second kappa shape index (κ2) is 3.81. The first-order valence-electron chi connectivity index (χ1n) is 5.54. The Morgan fingerprint density at radius 3 is 2.73 bits per heavy atom. The molecule has 1 aliphatic rings. The number of benzene rings is 1. The molecule has 15 heavy (non-hydrogen) atoms. The molecule has 0 spiro atoms. The van der Waals surface area contributed by atoms with Crippen molar-refractivity contribution in [3.8, 4) is 0 Å². The summed E-state index contributed by atoms with van der Waals surface area (Å²) in [5, 5.41) is 1.32. The molecule has 2 aromatic rings. The van der Waals surface area contributed by atoms with Crippen molar-refractivity contribution in [1.29, 1.82) is 0 Å². The van der Waals surface area contributed by atoms with Crippen LogP contribution in [0.4, 0.5) is 5.82 Å². The summed E-state index contributed by atoms with van der Waals surface area (Å²) in [6, 6.07) is 8.52. The van der Waals surface area contributed by atoms with Crippen LogP contribution < -0.4 is 4.90 Å². The molecule has 3 rings (SSSR count). The van der Waals surface area contributed by atoms with Crippen LogP contribution in [0.3, 0.4) is 0 Å². The molecule has 2 heterocycles. The third kappa shape index (κ3) is 1.61. The zero-order chi connectivity index (χ0) is 10.1. The van der Waals surface area contributed by atoms with Crippen molar-refractivity contribution in [1.82, 2.24) is 4.37 Å². The van der Waals surface area contributed by atoms with E-state index >= 15 is 0 Å². The van der Waals surface area contributed by atoms with Gasteiger partial charge in [-0.3, -0.25) is 0 Å². The van der Waals surface area contributed by atoms with E-state index in [-0.39, 0.29) is 0 Å². The standard InChI is InChI=1S/C12H14N2S/c1-4-8-14(9-5-1)12-10-6-2-3-7-11(10)15-13-12/h2-3,6-7H,1,4-5,8-9H2. The summed E-state index contributed by atoms with van der Waals surface area (Å²) in [5.74, 6) is 1.20. The van der Waals surface area contributed by atoms with Gasteiger partial charge in [0.05, 0.1) is 4.70 Å². The molecule has 0 atom stereocenters. The van der Waals surface area contributed by atoms with Gasteiger partial charge in [-0.2, -0.15) is 4.37 Å². The van der Waals surface area contributed by atoms with Gasteiger partial charge in [0.15, 0.2) is 0 Å². The molecule has 0 saturated carbocycles. The third-order valence-electron chi connectivity index (χ3n) is 3.01. The lowest BCUT2D eigenvalue weighted by Crippen LogP contribution is -2.29. The van der Waals surface area contributed by atoms with Gasteiger partial charge >= 0.3 is 0 Å². The van der Waals surface area contributed by atoms with E-state index in [1.165, 1.54) is 48.3 Å². The number of anilines is 1. The highest BCUT2D eigenvalue weighted by molar-refractivity contribution is 7.13. The summed E-state index contributed by atoms with van der Waals surface area (Å²) in [6.07, 6.45) is 4.00. The van der Waals surface area contributed by atoms with Crippen molar-refractivity contribution in [2.24, 2.45) is 0 Å². The lowest BCUT2D eigenvalue weighted by Gasteiger charge is -2.26. The quantitative estimate of drug-likeness (QED) is 0.730. The van der Waals surface area contributed by atoms with Crippen molar-refractivity contribution in [2.45, 2.75) is 19.3 Å². The minimum atomic E-state index is 1.17. The molecule has 0 aliphatic carbocycles. The van der Waals surface area contributed by atoms with Crippen LogP contribution in [-0.2, 0) is 0 Å². The van der Waals surface area contributed by atoms with Crippen molar-refractivity contribution in [3.63, 3.8) is 0 Å². The highest BCUT2D eigenvalue weighted by Crippen LogP contribution is 2.30. The third-order valence-corrected chi connectivity index (χ3v) is 3.83. The SMILES string of the molecule is c1ccc2c(N3CCCCC3)nsc2c1. The molecule has 0 N–H and O–H groups in total. The fraction of sp³-hybridized carbons (Fsp3) is 0.417. The normalized spacial score (nSPS) is 17.2. The number of hydrogen-bond acceptors (Lipinski definition) is 3. The van der Waals surface area contributed by atoms with Gasteiger partial charge in [-0.05, 0) is 42.9 Å². The topological polar surface area (TPSA) is 16.1 Å². The summed E-state index contributed by atoms with van der Waals surface area (Å²) < 4.78 is 5.89. The Morgan fingerprint density at radius 1 is 1.07 bits per heavy atom. The van der Waals surface area contributed by atoms with Gasteiger partial charge < -0.3 is 4.90 Å². The highest BCUT2D eigenvalue weighted by atomic mass is 32.1. The van der Waals surface area contributed by atoms with Crippen molar-refractivity contribution in [2.75, 3.05) is 18.0 Å². The van der Waals surface area contributed by atoms with Crippen molar-refractivity contribution >= 4 is 27.4 Å². The van der Waals surface area contributed by atoms with Gasteiger partial charge in [-0.15, -0.1) is 0 Å². The summed E-state index contributed by atoms with van der Waals surface area (Å²) in [7, 11) is 0. The van der Waals surface area contributed by atoms with E-state index in [1.54, 1.807) is 11.5 Å². The Morgan fingerprint density at radius 2 is 1.87 bits per heavy atom. The second-order valence-corrected chi connectivity index (χ2v) is 4.86. The van der Waals surface area contributed by atoms with E-state index in [1.807, 2.05) is 0 Å². The first kappa shape index (κ1) is 9.16. The summed E-state index contributed by atoms with van der Waals surface area (Å²) in [6.45, 7) is 2.35. The molecule has 1 aromatic heterocycles. The number of rotatable bonds is 1. The van der Waals surface area contributed by atoms with Crippen LogP contribution >= 0.6 is 11.5 Å². The predicted octanol–water partition coefficient (Wildman–Crippen LogP) is 3.29. The molecule has 78 valence electrons. The van der Waals surface area contributed by atoms with Crippen LogP contribution in [0.1, 0.15) is 19.3 Å². The van der Waals surface area contributed by atoms with Crippen LogP contribution in [0.15, 0.2) is 24.3 Å². The average molecular weight is 218 g/mol. The summed E-state index contributed by atoms with van der Waals surface area (Å²) in [5.41, 5.74) is 0. The van der Waals surface area contributed by atoms with Gasteiger partial charge in [-0.25, -0.2) is 0 Å². The zero-order valence-electron chi connectivity index (χ0n) is 8.65. The maximum absolute atomic E-state index is 4.59. The van der Waals surface area contributed by atoms with Crippen LogP contribution in [-0.4, -0.2) is 17.5 Å². The molecule has 1 aliphatic heterocycles. The number of aromatic nitrogens is 1. The number of fused-ring (bicyclic) bond motifs is 1. The molecule has 3 heteroatoms. The fourth-order valence-corrected chi connectivity index (χ4v) is 3.00. The molecular weight excluding hydrogens is 204 g/mol. The Bertz CT molecular complexity index is 457. The predicted molar refractivity (Wildman–Crippen MR) is 65.7 cm³/mol. The van der Waals surface area contributed by atoms with Crippen molar-refractivity contribution in [3.05, 3.63) is 24.3 Å². The van der Waals surface area contributed by atoms with Gasteiger partial charge in [0, 0.05) is 18.5 Å². The molecule has 1 saturated heterocycles. The maximum Gasteiger partial charge on any atom is 0.150 e. The van der Waals surface area contributed by atoms with E-state index in [2.05, 4.69) is 33.5 Å². The number of nitrogens with zero attached hydrogens (tertiary/aromatic N) is 2. The fourth-order valence-electron chi connectivity index (χ4n) is 2.21. The van der Waals surface area contributed by atoms with Gasteiger partial charge in [0.2, 0.25) is 0 Å². The van der Waals surface area contributed by atoms with E-state index in [0.717, 1.165) is 0 Å². The zero-order valence-corrected chi connectivity index (χ0v) is 9.46. The molecule has 1 aromatic carbocycles. The highest BCUT2D eigenvalue weighted by Gasteiger charge is 2.15. The molecule has 0 amide bonds. The Balaban J connectivity index is 2.02. The number of piperidine rings is 1. The maximum atomic E-state index is 4.59. The van der Waals surface area contributed by atoms with Gasteiger partial charge in [0.25, 0.3) is 0 Å². The van der Waals surface area contributed by atoms with Crippen LogP contribution in [0.5, 0.6) is 0 Å². The van der Waals surface area contributed by atoms with Crippen LogP contribution in [0.2, 0.25) is 0 Å². The first-order chi connectivity index (χ1) is 7.45. The number of hydrogen-bond donors (Lipinski definition) is 0. The second-order valence-electron chi connectivity index (χ2n) is 4.05. The average Bonchev–Trinajstić information content (AvgIpc) is 2.74. The first-order valence-corrected chi connectivity index (χ1v) is 6.32. The lowest BCUT2D eigenvalue weighted by molar-refractivity contribution is 0.576. The summed E-state index contributed by atoms with van der Waals surface area (Å²) in [4.78, 5) is 2.43. The Hall–Kier alpha value is -1.09. The molecule has 0 bridgehead atoms.